The maximum atomic E-state index is 4.88. The van der Waals surface area contributed by atoms with Crippen molar-refractivity contribution < 1.29 is 0 Å². The van der Waals surface area contributed by atoms with Crippen molar-refractivity contribution in [1.29, 1.82) is 0 Å². The molecule has 0 atom stereocenters. The first-order valence-electron chi connectivity index (χ1n) is 11.9. The smallest absolute Gasteiger partial charge is 0.138 e. The van der Waals surface area contributed by atoms with Crippen LogP contribution in [-0.2, 0) is 0 Å². The molecule has 7 rings (SSSR count). The van der Waals surface area contributed by atoms with Crippen molar-refractivity contribution in [3.05, 3.63) is 134 Å². The molecular weight excluding hydrogens is 424 g/mol. The summed E-state index contributed by atoms with van der Waals surface area (Å²) in [7, 11) is 0. The van der Waals surface area contributed by atoms with Gasteiger partial charge in [-0.1, -0.05) is 97.1 Å². The van der Waals surface area contributed by atoms with Gasteiger partial charge in [0.1, 0.15) is 5.82 Å². The Morgan fingerprint density at radius 3 is 1.66 bits per heavy atom. The third-order valence-electron chi connectivity index (χ3n) is 6.85. The van der Waals surface area contributed by atoms with Crippen LogP contribution >= 0.6 is 0 Å². The van der Waals surface area contributed by atoms with Crippen LogP contribution in [0.3, 0.4) is 0 Å². The molecule has 164 valence electrons. The lowest BCUT2D eigenvalue weighted by Crippen LogP contribution is -2.12. The quantitative estimate of drug-likeness (QED) is 0.263. The van der Waals surface area contributed by atoms with Gasteiger partial charge in [-0.05, 0) is 63.4 Å². The zero-order valence-corrected chi connectivity index (χ0v) is 19.1. The molecule has 35 heavy (non-hydrogen) atoms. The van der Waals surface area contributed by atoms with Crippen molar-refractivity contribution >= 4 is 28.0 Å². The molecule has 1 aliphatic heterocycles. The van der Waals surface area contributed by atoms with E-state index in [1.807, 2.05) is 6.20 Å². The van der Waals surface area contributed by atoms with E-state index >= 15 is 0 Å². The first-order valence-corrected chi connectivity index (χ1v) is 11.9. The van der Waals surface area contributed by atoms with Gasteiger partial charge in [-0.2, -0.15) is 0 Å². The van der Waals surface area contributed by atoms with E-state index in [1.165, 1.54) is 38.6 Å². The Morgan fingerprint density at radius 1 is 0.429 bits per heavy atom. The van der Waals surface area contributed by atoms with Crippen LogP contribution in [0.25, 0.3) is 44.2 Å². The van der Waals surface area contributed by atoms with Gasteiger partial charge in [-0.25, -0.2) is 4.98 Å². The van der Waals surface area contributed by atoms with Gasteiger partial charge in [-0.15, -0.1) is 0 Å². The highest BCUT2D eigenvalue weighted by atomic mass is 15.2. The Kier molecular flexibility index (Phi) is 4.49. The van der Waals surface area contributed by atoms with Gasteiger partial charge < -0.3 is 0 Å². The van der Waals surface area contributed by atoms with Crippen molar-refractivity contribution in [2.24, 2.45) is 0 Å². The lowest BCUT2D eigenvalue weighted by atomic mass is 9.95. The van der Waals surface area contributed by atoms with Crippen LogP contribution in [0.1, 0.15) is 0 Å². The minimum Gasteiger partial charge on any atom is -0.294 e. The standard InChI is InChI=1S/C33H22N2/c1-2-10-24-21-25(18-17-23(24)9-1)26-19-20-34-33(22-26)35-31-15-7-5-13-29(31)27-11-3-4-12-28(27)30-14-6-8-16-32(30)35/h1-22H. The van der Waals surface area contributed by atoms with E-state index in [-0.39, 0.29) is 0 Å². The molecule has 0 aliphatic carbocycles. The summed E-state index contributed by atoms with van der Waals surface area (Å²) < 4.78 is 0. The summed E-state index contributed by atoms with van der Waals surface area (Å²) in [5.74, 6) is 0.906. The SMILES string of the molecule is c1ccc2c(c1)-c1ccccc1N(c1cc(-c3ccc4ccccc4c3)ccn1)c1ccccc1-2. The number of anilines is 3. The Hall–Kier alpha value is -4.69. The molecule has 0 N–H and O–H groups in total. The summed E-state index contributed by atoms with van der Waals surface area (Å²) >= 11 is 0. The van der Waals surface area contributed by atoms with Gasteiger partial charge in [0.2, 0.25) is 0 Å². The maximum Gasteiger partial charge on any atom is 0.138 e. The highest BCUT2D eigenvalue weighted by Crippen LogP contribution is 2.50. The molecule has 0 unspecified atom stereocenters. The van der Waals surface area contributed by atoms with E-state index in [0.29, 0.717) is 0 Å². The first kappa shape index (κ1) is 19.7. The summed E-state index contributed by atoms with van der Waals surface area (Å²) in [5, 5.41) is 2.49. The molecule has 0 saturated carbocycles. The van der Waals surface area contributed by atoms with Crippen LogP contribution in [0.4, 0.5) is 17.2 Å². The zero-order valence-electron chi connectivity index (χ0n) is 19.1. The van der Waals surface area contributed by atoms with Crippen molar-refractivity contribution in [2.45, 2.75) is 0 Å². The highest BCUT2D eigenvalue weighted by molar-refractivity contribution is 6.02. The molecular formula is C33H22N2. The fourth-order valence-corrected chi connectivity index (χ4v) is 5.21. The predicted molar refractivity (Wildman–Crippen MR) is 146 cm³/mol. The number of aromatic nitrogens is 1. The molecule has 0 amide bonds. The molecule has 2 nitrogen and oxygen atoms in total. The van der Waals surface area contributed by atoms with Gasteiger partial charge in [0.25, 0.3) is 0 Å². The minimum atomic E-state index is 0.906. The van der Waals surface area contributed by atoms with Crippen molar-refractivity contribution in [3.63, 3.8) is 0 Å². The second-order valence-corrected chi connectivity index (χ2v) is 8.88. The van der Waals surface area contributed by atoms with E-state index in [0.717, 1.165) is 22.8 Å². The van der Waals surface area contributed by atoms with E-state index in [4.69, 9.17) is 4.98 Å². The van der Waals surface area contributed by atoms with Crippen LogP contribution in [0, 0.1) is 0 Å². The summed E-state index contributed by atoms with van der Waals surface area (Å²) in [4.78, 5) is 7.18. The highest BCUT2D eigenvalue weighted by Gasteiger charge is 2.26. The van der Waals surface area contributed by atoms with E-state index in [2.05, 4.69) is 132 Å². The van der Waals surface area contributed by atoms with Gasteiger partial charge >= 0.3 is 0 Å². The van der Waals surface area contributed by atoms with Crippen LogP contribution in [-0.4, -0.2) is 4.98 Å². The molecule has 6 aromatic rings. The average molecular weight is 447 g/mol. The third kappa shape index (κ3) is 3.23. The molecule has 2 heteroatoms. The number of hydrogen-bond acceptors (Lipinski definition) is 2. The van der Waals surface area contributed by atoms with Crippen LogP contribution in [0.2, 0.25) is 0 Å². The second kappa shape index (κ2) is 7.96. The Bertz CT molecular complexity index is 1650. The summed E-state index contributed by atoms with van der Waals surface area (Å²) in [6, 6.07) is 45.3. The fourth-order valence-electron chi connectivity index (χ4n) is 5.21. The number of nitrogens with zero attached hydrogens (tertiary/aromatic N) is 2. The third-order valence-corrected chi connectivity index (χ3v) is 6.85. The number of rotatable bonds is 2. The van der Waals surface area contributed by atoms with Gasteiger partial charge in [0, 0.05) is 17.3 Å². The lowest BCUT2D eigenvalue weighted by Gasteiger charge is -2.26. The predicted octanol–water partition coefficient (Wildman–Crippen LogP) is 9.02. The van der Waals surface area contributed by atoms with Crippen LogP contribution in [0.5, 0.6) is 0 Å². The van der Waals surface area contributed by atoms with E-state index in [9.17, 15) is 0 Å². The average Bonchev–Trinajstić information content (AvgIpc) is 3.06. The summed E-state index contributed by atoms with van der Waals surface area (Å²) in [6.45, 7) is 0. The molecule has 1 aromatic heterocycles. The van der Waals surface area contributed by atoms with E-state index < -0.39 is 0 Å². The number of para-hydroxylation sites is 2. The zero-order chi connectivity index (χ0) is 23.2. The molecule has 1 aliphatic rings. The summed E-state index contributed by atoms with van der Waals surface area (Å²) in [6.07, 6.45) is 1.92. The van der Waals surface area contributed by atoms with Gasteiger partial charge in [0.15, 0.2) is 0 Å². The minimum absolute atomic E-state index is 0.906. The number of benzene rings is 5. The molecule has 0 bridgehead atoms. The van der Waals surface area contributed by atoms with Crippen LogP contribution in [0.15, 0.2) is 134 Å². The van der Waals surface area contributed by atoms with Crippen molar-refractivity contribution in [2.75, 3.05) is 4.90 Å². The lowest BCUT2D eigenvalue weighted by molar-refractivity contribution is 1.19. The summed E-state index contributed by atoms with van der Waals surface area (Å²) in [5.41, 5.74) is 9.49. The monoisotopic (exact) mass is 446 g/mol. The molecule has 0 saturated heterocycles. The van der Waals surface area contributed by atoms with Gasteiger partial charge in [-0.3, -0.25) is 4.90 Å². The Morgan fingerprint density at radius 2 is 0.971 bits per heavy atom. The number of hydrogen-bond donors (Lipinski definition) is 0. The van der Waals surface area contributed by atoms with Crippen molar-refractivity contribution in [1.82, 2.24) is 4.98 Å². The largest absolute Gasteiger partial charge is 0.294 e. The van der Waals surface area contributed by atoms with Crippen LogP contribution < -0.4 is 4.90 Å². The maximum absolute atomic E-state index is 4.88. The normalized spacial score (nSPS) is 11.9. The Labute approximate surface area is 204 Å². The molecule has 5 aromatic carbocycles. The van der Waals surface area contributed by atoms with E-state index in [1.54, 1.807) is 0 Å². The topological polar surface area (TPSA) is 16.1 Å². The fraction of sp³-hybridized carbons (Fsp3) is 0. The molecule has 0 radical (unpaired) electrons. The first-order chi connectivity index (χ1) is 17.4. The van der Waals surface area contributed by atoms with Crippen molar-refractivity contribution in [3.8, 4) is 33.4 Å². The molecule has 0 spiro atoms. The molecule has 2 heterocycles. The molecule has 0 fully saturated rings. The Balaban J connectivity index is 1.46. The number of fused-ring (bicyclic) bond motifs is 6. The number of pyridine rings is 1. The van der Waals surface area contributed by atoms with Gasteiger partial charge in [0.05, 0.1) is 11.4 Å². The second-order valence-electron chi connectivity index (χ2n) is 8.88.